The summed E-state index contributed by atoms with van der Waals surface area (Å²) in [5.74, 6) is 1.85. The van der Waals surface area contributed by atoms with E-state index in [2.05, 4.69) is 9.97 Å². The van der Waals surface area contributed by atoms with E-state index in [-0.39, 0.29) is 30.5 Å². The Balaban J connectivity index is 1.85. The van der Waals surface area contributed by atoms with Crippen LogP contribution in [0.2, 0.25) is 0 Å². The highest BCUT2D eigenvalue weighted by Crippen LogP contribution is 2.33. The van der Waals surface area contributed by atoms with E-state index in [1.54, 1.807) is 56.4 Å². The molecular formula is C25H26N4O4S. The first-order valence-corrected chi connectivity index (χ1v) is 11.4. The topological polar surface area (TPSA) is 119 Å². The van der Waals surface area contributed by atoms with E-state index in [4.69, 9.17) is 10.5 Å². The fourth-order valence-electron chi connectivity index (χ4n) is 3.13. The summed E-state index contributed by atoms with van der Waals surface area (Å²) in [6, 6.07) is 16.1. The van der Waals surface area contributed by atoms with Gasteiger partial charge in [0.05, 0.1) is 12.1 Å². The summed E-state index contributed by atoms with van der Waals surface area (Å²) in [5, 5.41) is 9.34. The number of aliphatic hydroxyl groups excluding tert-OH is 1. The van der Waals surface area contributed by atoms with Crippen molar-refractivity contribution < 1.29 is 19.4 Å². The maximum absolute atomic E-state index is 13.2. The number of thioether (sulfide) groups is 1. The molecule has 1 aromatic heterocycles. The van der Waals surface area contributed by atoms with Gasteiger partial charge in [0.2, 0.25) is 11.5 Å². The van der Waals surface area contributed by atoms with Gasteiger partial charge in [-0.2, -0.15) is 0 Å². The molecule has 1 amide bonds. The SMILES string of the molecule is CC(=C(CCO)SC(=O)c1ccccc1Oc1ccccc1)N(C=O)Cc1cnc(C)nc1N. The minimum Gasteiger partial charge on any atom is -0.457 e. The average Bonchev–Trinajstić information content (AvgIpc) is 2.84. The molecular weight excluding hydrogens is 452 g/mol. The van der Waals surface area contributed by atoms with Gasteiger partial charge in [-0.25, -0.2) is 9.97 Å². The number of hydrogen-bond donors (Lipinski definition) is 2. The van der Waals surface area contributed by atoms with E-state index < -0.39 is 0 Å². The van der Waals surface area contributed by atoms with Crippen molar-refractivity contribution in [1.29, 1.82) is 0 Å². The Kier molecular flexibility index (Phi) is 8.78. The quantitative estimate of drug-likeness (QED) is 0.414. The second kappa shape index (κ2) is 12.0. The molecule has 176 valence electrons. The lowest BCUT2D eigenvalue weighted by Gasteiger charge is -2.22. The molecule has 0 atom stereocenters. The Morgan fingerprint density at radius 2 is 1.88 bits per heavy atom. The van der Waals surface area contributed by atoms with E-state index in [1.807, 2.05) is 18.2 Å². The smallest absolute Gasteiger partial charge is 0.227 e. The van der Waals surface area contributed by atoms with Crippen molar-refractivity contribution in [2.24, 2.45) is 0 Å². The van der Waals surface area contributed by atoms with E-state index in [0.717, 1.165) is 11.8 Å². The molecule has 0 saturated carbocycles. The number of carbonyl (C=O) groups excluding carboxylic acids is 2. The van der Waals surface area contributed by atoms with Crippen LogP contribution in [0.5, 0.6) is 11.5 Å². The fraction of sp³-hybridized carbons (Fsp3) is 0.200. The zero-order chi connectivity index (χ0) is 24.5. The van der Waals surface area contributed by atoms with E-state index in [9.17, 15) is 14.7 Å². The minimum absolute atomic E-state index is 0.138. The summed E-state index contributed by atoms with van der Waals surface area (Å²) in [6.07, 6.45) is 2.43. The first-order valence-electron chi connectivity index (χ1n) is 10.6. The second-order valence-electron chi connectivity index (χ2n) is 7.34. The summed E-state index contributed by atoms with van der Waals surface area (Å²) < 4.78 is 5.91. The summed E-state index contributed by atoms with van der Waals surface area (Å²) in [6.45, 7) is 3.40. The number of nitrogen functional groups attached to an aromatic ring is 1. The van der Waals surface area contributed by atoms with Crippen LogP contribution in [0.15, 0.2) is 71.4 Å². The number of amides is 1. The number of carbonyl (C=O) groups is 2. The first-order chi connectivity index (χ1) is 16.4. The van der Waals surface area contributed by atoms with Gasteiger partial charge >= 0.3 is 0 Å². The van der Waals surface area contributed by atoms with Crippen molar-refractivity contribution in [3.05, 3.63) is 88.3 Å². The number of anilines is 1. The van der Waals surface area contributed by atoms with Crippen molar-refractivity contribution in [3.63, 3.8) is 0 Å². The highest BCUT2D eigenvalue weighted by atomic mass is 32.2. The zero-order valence-corrected chi connectivity index (χ0v) is 19.8. The first kappa shape index (κ1) is 24.9. The van der Waals surface area contributed by atoms with Gasteiger partial charge in [0.15, 0.2) is 0 Å². The maximum atomic E-state index is 13.2. The summed E-state index contributed by atoms with van der Waals surface area (Å²) >= 11 is 0.954. The average molecular weight is 479 g/mol. The highest BCUT2D eigenvalue weighted by molar-refractivity contribution is 8.17. The fourth-order valence-corrected chi connectivity index (χ4v) is 4.09. The Hall–Kier alpha value is -3.69. The molecule has 9 heteroatoms. The van der Waals surface area contributed by atoms with Crippen molar-refractivity contribution >= 4 is 29.1 Å². The summed E-state index contributed by atoms with van der Waals surface area (Å²) in [5.41, 5.74) is 7.47. The van der Waals surface area contributed by atoms with E-state index in [1.165, 1.54) is 4.90 Å². The largest absolute Gasteiger partial charge is 0.457 e. The van der Waals surface area contributed by atoms with E-state index in [0.29, 0.717) is 45.5 Å². The van der Waals surface area contributed by atoms with Gasteiger partial charge in [0.25, 0.3) is 0 Å². The molecule has 3 N–H and O–H groups in total. The van der Waals surface area contributed by atoms with Crippen molar-refractivity contribution in [1.82, 2.24) is 14.9 Å². The van der Waals surface area contributed by atoms with Crippen LogP contribution in [-0.4, -0.2) is 38.1 Å². The predicted octanol–water partition coefficient (Wildman–Crippen LogP) is 4.31. The zero-order valence-electron chi connectivity index (χ0n) is 19.0. The van der Waals surface area contributed by atoms with Crippen LogP contribution < -0.4 is 10.5 Å². The molecule has 3 rings (SSSR count). The van der Waals surface area contributed by atoms with Crippen LogP contribution >= 0.6 is 11.8 Å². The van der Waals surface area contributed by atoms with Crippen molar-refractivity contribution in [3.8, 4) is 11.5 Å². The molecule has 0 aliphatic carbocycles. The number of rotatable bonds is 10. The third-order valence-electron chi connectivity index (χ3n) is 4.95. The number of ether oxygens (including phenoxy) is 1. The number of nitrogens with zero attached hydrogens (tertiary/aromatic N) is 3. The molecule has 0 aliphatic rings. The molecule has 0 spiro atoms. The van der Waals surface area contributed by atoms with Gasteiger partial charge in [-0.15, -0.1) is 0 Å². The normalized spacial score (nSPS) is 11.5. The van der Waals surface area contributed by atoms with Gasteiger partial charge in [-0.05, 0) is 49.9 Å². The van der Waals surface area contributed by atoms with Crippen LogP contribution in [0.1, 0.15) is 35.1 Å². The van der Waals surface area contributed by atoms with Gasteiger partial charge in [0.1, 0.15) is 23.1 Å². The van der Waals surface area contributed by atoms with Crippen LogP contribution in [0.25, 0.3) is 0 Å². The monoisotopic (exact) mass is 478 g/mol. The van der Waals surface area contributed by atoms with Crippen LogP contribution in [-0.2, 0) is 11.3 Å². The lowest BCUT2D eigenvalue weighted by molar-refractivity contribution is -0.116. The molecule has 1 heterocycles. The third kappa shape index (κ3) is 6.43. The predicted molar refractivity (Wildman–Crippen MR) is 132 cm³/mol. The van der Waals surface area contributed by atoms with Crippen LogP contribution in [0.3, 0.4) is 0 Å². The summed E-state index contributed by atoms with van der Waals surface area (Å²) in [4.78, 5) is 35.4. The Morgan fingerprint density at radius 3 is 2.56 bits per heavy atom. The molecule has 0 bridgehead atoms. The number of aromatic nitrogens is 2. The van der Waals surface area contributed by atoms with E-state index >= 15 is 0 Å². The second-order valence-corrected chi connectivity index (χ2v) is 8.41. The standard InChI is InChI=1S/C25H26N4O4S/c1-17(29(16-31)15-19-14-27-18(2)28-24(19)26)23(12-13-30)34-25(32)21-10-6-7-11-22(21)33-20-8-4-3-5-9-20/h3-11,14,16,30H,12-13,15H2,1-2H3,(H2,26,27,28). The Bertz CT molecular complexity index is 1180. The van der Waals surface area contributed by atoms with Gasteiger partial charge in [-0.1, -0.05) is 30.3 Å². The number of hydrogen-bond acceptors (Lipinski definition) is 8. The molecule has 34 heavy (non-hydrogen) atoms. The number of aliphatic hydroxyl groups is 1. The highest BCUT2D eigenvalue weighted by Gasteiger charge is 2.20. The molecule has 0 saturated heterocycles. The van der Waals surface area contributed by atoms with Gasteiger partial charge in [0, 0.05) is 35.4 Å². The molecule has 2 aromatic carbocycles. The van der Waals surface area contributed by atoms with Crippen LogP contribution in [0, 0.1) is 6.92 Å². The van der Waals surface area contributed by atoms with Gasteiger partial charge < -0.3 is 20.5 Å². The molecule has 0 fully saturated rings. The molecule has 8 nitrogen and oxygen atoms in total. The minimum atomic E-state index is -0.265. The van der Waals surface area contributed by atoms with Crippen molar-refractivity contribution in [2.75, 3.05) is 12.3 Å². The molecule has 0 unspecified atom stereocenters. The molecule has 0 aliphatic heterocycles. The lowest BCUT2D eigenvalue weighted by Crippen LogP contribution is -2.22. The number of nitrogens with two attached hydrogens (primary N) is 1. The number of para-hydroxylation sites is 2. The Labute approximate surface area is 202 Å². The number of aryl methyl sites for hydroxylation is 1. The number of benzene rings is 2. The van der Waals surface area contributed by atoms with Crippen molar-refractivity contribution in [2.45, 2.75) is 26.8 Å². The molecule has 0 radical (unpaired) electrons. The third-order valence-corrected chi connectivity index (χ3v) is 6.10. The number of allylic oxidation sites excluding steroid dienone is 1. The lowest BCUT2D eigenvalue weighted by atomic mass is 10.2. The Morgan fingerprint density at radius 1 is 1.18 bits per heavy atom. The molecule has 3 aromatic rings. The van der Waals surface area contributed by atoms with Crippen LogP contribution in [0.4, 0.5) is 5.82 Å². The maximum Gasteiger partial charge on any atom is 0.227 e. The summed E-state index contributed by atoms with van der Waals surface area (Å²) in [7, 11) is 0. The van der Waals surface area contributed by atoms with Gasteiger partial charge in [-0.3, -0.25) is 9.59 Å².